The Morgan fingerprint density at radius 3 is 2.20 bits per heavy atom. The maximum Gasteiger partial charge on any atom is 0.312 e. The molecule has 0 saturated carbocycles. The van der Waals surface area contributed by atoms with Gasteiger partial charge in [0, 0.05) is 10.0 Å². The number of methoxy groups -OCH3 is 1. The molecule has 4 heteroatoms. The van der Waals surface area contributed by atoms with Gasteiger partial charge in [0.05, 0.1) is 13.0 Å². The van der Waals surface area contributed by atoms with Crippen LogP contribution < -0.4 is 0 Å². The minimum absolute atomic E-state index is 0.300. The van der Waals surface area contributed by atoms with Crippen molar-refractivity contribution in [1.29, 1.82) is 0 Å². The Balaban J connectivity index is 3.11. The minimum atomic E-state index is -0.356. The number of ether oxygens (including phenoxy) is 1. The number of hydrogen-bond acceptors (Lipinski definition) is 2. The van der Waals surface area contributed by atoms with E-state index in [4.69, 9.17) is 23.2 Å². The van der Waals surface area contributed by atoms with E-state index >= 15 is 0 Å². The molecule has 0 aliphatic carbocycles. The molecule has 2 nitrogen and oxygen atoms in total. The lowest BCUT2D eigenvalue weighted by molar-refractivity contribution is -0.141. The first kappa shape index (κ1) is 12.3. The molecule has 0 amide bonds. The average molecular weight is 247 g/mol. The fourth-order valence-corrected chi connectivity index (χ4v) is 1.73. The van der Waals surface area contributed by atoms with Crippen LogP contribution in [0.4, 0.5) is 0 Å². The zero-order valence-corrected chi connectivity index (χ0v) is 10.3. The van der Waals surface area contributed by atoms with Crippen LogP contribution in [0.15, 0.2) is 12.1 Å². The van der Waals surface area contributed by atoms with Crippen LogP contribution in [0.3, 0.4) is 0 Å². The topological polar surface area (TPSA) is 26.3 Å². The maximum absolute atomic E-state index is 11.3. The van der Waals surface area contributed by atoms with Crippen molar-refractivity contribution >= 4 is 29.2 Å². The van der Waals surface area contributed by atoms with E-state index in [-0.39, 0.29) is 11.9 Å². The van der Waals surface area contributed by atoms with E-state index in [1.807, 2.05) is 6.92 Å². The highest BCUT2D eigenvalue weighted by Gasteiger charge is 2.17. The van der Waals surface area contributed by atoms with Crippen LogP contribution in [0, 0.1) is 6.92 Å². The lowest BCUT2D eigenvalue weighted by atomic mass is 10.0. The Hall–Kier alpha value is -0.730. The Labute approximate surface area is 99.1 Å². The summed E-state index contributed by atoms with van der Waals surface area (Å²) in [6.45, 7) is 3.58. The van der Waals surface area contributed by atoms with E-state index in [1.165, 1.54) is 7.11 Å². The molecule has 1 rings (SSSR count). The summed E-state index contributed by atoms with van der Waals surface area (Å²) in [6.07, 6.45) is 0. The third-order valence-electron chi connectivity index (χ3n) is 2.36. The first-order valence-electron chi connectivity index (χ1n) is 4.50. The summed E-state index contributed by atoms with van der Waals surface area (Å²) in [4.78, 5) is 11.3. The molecule has 0 fully saturated rings. The van der Waals surface area contributed by atoms with Gasteiger partial charge in [-0.15, -0.1) is 0 Å². The molecule has 0 bridgehead atoms. The van der Waals surface area contributed by atoms with Crippen LogP contribution >= 0.6 is 23.2 Å². The minimum Gasteiger partial charge on any atom is -0.469 e. The molecule has 1 aromatic rings. The standard InChI is InChI=1S/C11H12Cl2O2/c1-6(11(14)15-3)8-4-9(12)7(2)10(13)5-8/h4-6H,1-3H3. The number of hydrogen-bond donors (Lipinski definition) is 0. The molecule has 0 spiro atoms. The third-order valence-corrected chi connectivity index (χ3v) is 3.14. The molecule has 0 aliphatic rings. The highest BCUT2D eigenvalue weighted by molar-refractivity contribution is 6.36. The molecule has 0 aliphatic heterocycles. The summed E-state index contributed by atoms with van der Waals surface area (Å²) >= 11 is 11.9. The van der Waals surface area contributed by atoms with Gasteiger partial charge in [0.1, 0.15) is 0 Å². The van der Waals surface area contributed by atoms with E-state index in [0.29, 0.717) is 10.0 Å². The van der Waals surface area contributed by atoms with E-state index < -0.39 is 0 Å². The maximum atomic E-state index is 11.3. The largest absolute Gasteiger partial charge is 0.469 e. The Bertz CT molecular complexity index is 365. The molecule has 1 unspecified atom stereocenters. The molecule has 15 heavy (non-hydrogen) atoms. The van der Waals surface area contributed by atoms with Gasteiger partial charge in [0.25, 0.3) is 0 Å². The second-order valence-corrected chi connectivity index (χ2v) is 4.17. The molecular formula is C11H12Cl2O2. The highest BCUT2D eigenvalue weighted by atomic mass is 35.5. The summed E-state index contributed by atoms with van der Waals surface area (Å²) in [5.41, 5.74) is 1.58. The predicted octanol–water partition coefficient (Wildman–Crippen LogP) is 3.58. The second-order valence-electron chi connectivity index (χ2n) is 3.35. The van der Waals surface area contributed by atoms with Crippen molar-refractivity contribution in [3.63, 3.8) is 0 Å². The van der Waals surface area contributed by atoms with E-state index in [9.17, 15) is 4.79 Å². The second kappa shape index (κ2) is 4.86. The van der Waals surface area contributed by atoms with E-state index in [2.05, 4.69) is 4.74 Å². The van der Waals surface area contributed by atoms with Crippen molar-refractivity contribution in [1.82, 2.24) is 0 Å². The number of halogens is 2. The number of carbonyl (C=O) groups is 1. The van der Waals surface area contributed by atoms with Crippen molar-refractivity contribution in [2.45, 2.75) is 19.8 Å². The Morgan fingerprint density at radius 2 is 1.80 bits per heavy atom. The fourth-order valence-electron chi connectivity index (χ4n) is 1.23. The lowest BCUT2D eigenvalue weighted by Gasteiger charge is -2.11. The molecule has 0 saturated heterocycles. The molecule has 82 valence electrons. The summed E-state index contributed by atoms with van der Waals surface area (Å²) < 4.78 is 4.65. The van der Waals surface area contributed by atoms with Gasteiger partial charge in [-0.1, -0.05) is 23.2 Å². The number of esters is 1. The molecular weight excluding hydrogens is 235 g/mol. The van der Waals surface area contributed by atoms with Crippen molar-refractivity contribution in [3.05, 3.63) is 33.3 Å². The monoisotopic (exact) mass is 246 g/mol. The van der Waals surface area contributed by atoms with Crippen LogP contribution in [-0.2, 0) is 9.53 Å². The zero-order chi connectivity index (χ0) is 11.6. The molecule has 1 atom stereocenters. The predicted molar refractivity (Wildman–Crippen MR) is 61.6 cm³/mol. The van der Waals surface area contributed by atoms with Crippen molar-refractivity contribution in [2.24, 2.45) is 0 Å². The molecule has 1 aromatic carbocycles. The first-order chi connectivity index (χ1) is 6.97. The molecule has 0 aromatic heterocycles. The Morgan fingerprint density at radius 1 is 1.33 bits per heavy atom. The molecule has 0 N–H and O–H groups in total. The van der Waals surface area contributed by atoms with Crippen molar-refractivity contribution < 1.29 is 9.53 Å². The summed E-state index contributed by atoms with van der Waals surface area (Å²) in [6, 6.07) is 3.48. The third kappa shape index (κ3) is 2.64. The van der Waals surface area contributed by atoms with Gasteiger partial charge in [-0.2, -0.15) is 0 Å². The summed E-state index contributed by atoms with van der Waals surface area (Å²) in [5.74, 6) is -0.656. The number of carbonyl (C=O) groups excluding carboxylic acids is 1. The first-order valence-corrected chi connectivity index (χ1v) is 5.26. The number of benzene rings is 1. The van der Waals surface area contributed by atoms with E-state index in [0.717, 1.165) is 11.1 Å². The summed E-state index contributed by atoms with van der Waals surface area (Å²) in [5, 5.41) is 1.13. The van der Waals surface area contributed by atoms with Gasteiger partial charge in [-0.3, -0.25) is 4.79 Å². The average Bonchev–Trinajstić information content (AvgIpc) is 2.23. The van der Waals surface area contributed by atoms with E-state index in [1.54, 1.807) is 19.1 Å². The fraction of sp³-hybridized carbons (Fsp3) is 0.364. The van der Waals surface area contributed by atoms with Gasteiger partial charge in [0.2, 0.25) is 0 Å². The molecule has 0 radical (unpaired) electrons. The van der Waals surface area contributed by atoms with Crippen LogP contribution in [0.2, 0.25) is 10.0 Å². The Kier molecular flexibility index (Phi) is 4.00. The number of rotatable bonds is 2. The van der Waals surface area contributed by atoms with Crippen LogP contribution in [-0.4, -0.2) is 13.1 Å². The van der Waals surface area contributed by atoms with Gasteiger partial charge in [-0.05, 0) is 37.1 Å². The normalized spacial score (nSPS) is 12.3. The smallest absolute Gasteiger partial charge is 0.312 e. The van der Waals surface area contributed by atoms with Crippen LogP contribution in [0.25, 0.3) is 0 Å². The van der Waals surface area contributed by atoms with Crippen molar-refractivity contribution in [2.75, 3.05) is 7.11 Å². The van der Waals surface area contributed by atoms with Gasteiger partial charge in [0.15, 0.2) is 0 Å². The SMILES string of the molecule is COC(=O)C(C)c1cc(Cl)c(C)c(Cl)c1. The highest BCUT2D eigenvalue weighted by Crippen LogP contribution is 2.29. The van der Waals surface area contributed by atoms with Gasteiger partial charge < -0.3 is 4.74 Å². The summed E-state index contributed by atoms with van der Waals surface area (Å²) in [7, 11) is 1.36. The molecule has 0 heterocycles. The van der Waals surface area contributed by atoms with Crippen LogP contribution in [0.5, 0.6) is 0 Å². The lowest BCUT2D eigenvalue weighted by Crippen LogP contribution is -2.10. The van der Waals surface area contributed by atoms with Gasteiger partial charge in [-0.25, -0.2) is 0 Å². The van der Waals surface area contributed by atoms with Crippen LogP contribution in [0.1, 0.15) is 24.0 Å². The van der Waals surface area contributed by atoms with Gasteiger partial charge >= 0.3 is 5.97 Å². The quantitative estimate of drug-likeness (QED) is 0.746. The zero-order valence-electron chi connectivity index (χ0n) is 8.80. The van der Waals surface area contributed by atoms with Crippen molar-refractivity contribution in [3.8, 4) is 0 Å².